The molecule has 1 heterocycles. The van der Waals surface area contributed by atoms with E-state index in [0.29, 0.717) is 24.4 Å². The topological polar surface area (TPSA) is 38.7 Å². The van der Waals surface area contributed by atoms with Crippen molar-refractivity contribution in [1.82, 2.24) is 0 Å². The van der Waals surface area contributed by atoms with Gasteiger partial charge in [-0.2, -0.15) is 0 Å². The number of rotatable bonds is 3. The van der Waals surface area contributed by atoms with Crippen LogP contribution in [0.25, 0.3) is 0 Å². The molecule has 1 fully saturated rings. The number of hydrogen-bond donors (Lipinski definition) is 1. The Morgan fingerprint density at radius 3 is 2.55 bits per heavy atom. The Morgan fingerprint density at radius 1 is 1.27 bits per heavy atom. The van der Waals surface area contributed by atoms with Crippen molar-refractivity contribution >= 4 is 0 Å². The average Bonchev–Trinajstić information content (AvgIpc) is 2.53. The van der Waals surface area contributed by atoms with Crippen molar-refractivity contribution in [2.24, 2.45) is 23.2 Å². The molecule has 1 aliphatic heterocycles. The van der Waals surface area contributed by atoms with Gasteiger partial charge >= 0.3 is 0 Å². The molecule has 1 aromatic carbocycles. The number of methoxy groups -OCH3 is 1. The van der Waals surface area contributed by atoms with Crippen LogP contribution in [0.5, 0.6) is 5.75 Å². The molecule has 0 unspecified atom stereocenters. The minimum atomic E-state index is -0.146. The summed E-state index contributed by atoms with van der Waals surface area (Å²) in [5.41, 5.74) is 2.42. The van der Waals surface area contributed by atoms with Crippen molar-refractivity contribution in [3.05, 3.63) is 41.5 Å². The summed E-state index contributed by atoms with van der Waals surface area (Å²) < 4.78 is 11.5. The highest BCUT2D eigenvalue weighted by molar-refractivity contribution is 5.32. The fraction of sp³-hybridized carbons (Fsp3) is 0.579. The summed E-state index contributed by atoms with van der Waals surface area (Å²) >= 11 is 0. The summed E-state index contributed by atoms with van der Waals surface area (Å²) in [7, 11) is 1.68. The van der Waals surface area contributed by atoms with Crippen LogP contribution in [0, 0.1) is 23.2 Å². The molecule has 3 heteroatoms. The van der Waals surface area contributed by atoms with Crippen LogP contribution in [0.2, 0.25) is 0 Å². The SMILES string of the molecule is COc1ccc([C@H]2OC[C@]3(CO)[C@H](C)C=C(C)[C@@H]2[C@H]3C)cc1. The number of allylic oxidation sites excluding steroid dienone is 1. The maximum atomic E-state index is 10.0. The second-order valence-electron chi connectivity index (χ2n) is 6.91. The molecule has 0 aromatic heterocycles. The van der Waals surface area contributed by atoms with Crippen LogP contribution >= 0.6 is 0 Å². The predicted octanol–water partition coefficient (Wildman–Crippen LogP) is 3.59. The molecule has 2 bridgehead atoms. The van der Waals surface area contributed by atoms with Crippen LogP contribution in [-0.4, -0.2) is 25.4 Å². The van der Waals surface area contributed by atoms with E-state index in [0.717, 1.165) is 5.75 Å². The molecule has 120 valence electrons. The fourth-order valence-corrected chi connectivity index (χ4v) is 4.38. The quantitative estimate of drug-likeness (QED) is 0.867. The summed E-state index contributed by atoms with van der Waals surface area (Å²) in [4.78, 5) is 0. The van der Waals surface area contributed by atoms with Gasteiger partial charge in [-0.15, -0.1) is 0 Å². The molecule has 1 aromatic rings. The summed E-state index contributed by atoms with van der Waals surface area (Å²) in [5, 5.41) is 10.0. The zero-order chi connectivity index (χ0) is 15.9. The van der Waals surface area contributed by atoms with E-state index < -0.39 is 0 Å². The first-order valence-corrected chi connectivity index (χ1v) is 8.08. The van der Waals surface area contributed by atoms with E-state index in [9.17, 15) is 5.11 Å². The van der Waals surface area contributed by atoms with Gasteiger partial charge in [0.1, 0.15) is 5.75 Å². The molecular weight excluding hydrogens is 276 g/mol. The molecule has 0 saturated carbocycles. The zero-order valence-electron chi connectivity index (χ0n) is 13.9. The van der Waals surface area contributed by atoms with E-state index in [4.69, 9.17) is 9.47 Å². The lowest BCUT2D eigenvalue weighted by atomic mass is 9.56. The lowest BCUT2D eigenvalue weighted by Crippen LogP contribution is -2.53. The molecule has 0 radical (unpaired) electrons. The Labute approximate surface area is 132 Å². The fourth-order valence-electron chi connectivity index (χ4n) is 4.38. The van der Waals surface area contributed by atoms with E-state index in [1.54, 1.807) is 7.11 Å². The molecule has 22 heavy (non-hydrogen) atoms. The minimum absolute atomic E-state index is 0.0596. The van der Waals surface area contributed by atoms with Gasteiger partial charge in [0.05, 0.1) is 26.4 Å². The Hall–Kier alpha value is -1.32. The third-order valence-electron chi connectivity index (χ3n) is 5.99. The Bertz CT molecular complexity index is 563. The largest absolute Gasteiger partial charge is 0.497 e. The summed E-state index contributed by atoms with van der Waals surface area (Å²) in [6.07, 6.45) is 2.39. The maximum absolute atomic E-state index is 10.0. The van der Waals surface area contributed by atoms with Gasteiger partial charge in [0.15, 0.2) is 0 Å². The third kappa shape index (κ3) is 2.19. The van der Waals surface area contributed by atoms with Crippen molar-refractivity contribution in [2.75, 3.05) is 20.3 Å². The molecule has 3 rings (SSSR count). The second kappa shape index (κ2) is 5.71. The molecule has 1 aliphatic carbocycles. The first-order valence-electron chi connectivity index (χ1n) is 8.08. The molecule has 0 amide bonds. The third-order valence-corrected chi connectivity index (χ3v) is 5.99. The summed E-state index contributed by atoms with van der Waals surface area (Å²) in [6, 6.07) is 8.16. The number of hydrogen-bond acceptors (Lipinski definition) is 3. The highest BCUT2D eigenvalue weighted by atomic mass is 16.5. The second-order valence-corrected chi connectivity index (χ2v) is 6.91. The number of aliphatic hydroxyl groups excluding tert-OH is 1. The van der Waals surface area contributed by atoms with Gasteiger partial charge in [-0.25, -0.2) is 0 Å². The summed E-state index contributed by atoms with van der Waals surface area (Å²) in [6.45, 7) is 7.47. The van der Waals surface area contributed by atoms with Crippen molar-refractivity contribution in [3.63, 3.8) is 0 Å². The van der Waals surface area contributed by atoms with Crippen molar-refractivity contribution in [1.29, 1.82) is 0 Å². The van der Waals surface area contributed by atoms with Crippen LogP contribution in [0.1, 0.15) is 32.4 Å². The van der Waals surface area contributed by atoms with Crippen LogP contribution in [0.3, 0.4) is 0 Å². The van der Waals surface area contributed by atoms with Crippen LogP contribution < -0.4 is 4.74 Å². The Kier molecular flexibility index (Phi) is 4.04. The molecule has 5 atom stereocenters. The van der Waals surface area contributed by atoms with E-state index in [-0.39, 0.29) is 18.1 Å². The minimum Gasteiger partial charge on any atom is -0.497 e. The lowest BCUT2D eigenvalue weighted by Gasteiger charge is -2.55. The highest BCUT2D eigenvalue weighted by Gasteiger charge is 2.53. The van der Waals surface area contributed by atoms with E-state index >= 15 is 0 Å². The normalized spacial score (nSPS) is 37.6. The van der Waals surface area contributed by atoms with Gasteiger partial charge in [0.25, 0.3) is 0 Å². The molecule has 1 N–H and O–H groups in total. The van der Waals surface area contributed by atoms with Crippen molar-refractivity contribution in [2.45, 2.75) is 26.9 Å². The lowest BCUT2D eigenvalue weighted by molar-refractivity contribution is -0.165. The van der Waals surface area contributed by atoms with Gasteiger partial charge in [0, 0.05) is 11.3 Å². The molecule has 1 saturated heterocycles. The van der Waals surface area contributed by atoms with Crippen LogP contribution in [0.15, 0.2) is 35.9 Å². The number of benzene rings is 1. The van der Waals surface area contributed by atoms with E-state index in [1.165, 1.54) is 11.1 Å². The van der Waals surface area contributed by atoms with E-state index in [1.807, 2.05) is 12.1 Å². The molecule has 2 aliphatic rings. The predicted molar refractivity (Wildman–Crippen MR) is 86.8 cm³/mol. The van der Waals surface area contributed by atoms with Gasteiger partial charge in [0.2, 0.25) is 0 Å². The van der Waals surface area contributed by atoms with Gasteiger partial charge in [-0.3, -0.25) is 0 Å². The Morgan fingerprint density at radius 2 is 1.95 bits per heavy atom. The number of fused-ring (bicyclic) bond motifs is 2. The van der Waals surface area contributed by atoms with Crippen LogP contribution in [-0.2, 0) is 4.74 Å². The summed E-state index contributed by atoms with van der Waals surface area (Å²) in [5.74, 6) is 1.94. The van der Waals surface area contributed by atoms with Gasteiger partial charge < -0.3 is 14.6 Å². The first-order chi connectivity index (χ1) is 10.5. The molecule has 3 nitrogen and oxygen atoms in total. The van der Waals surface area contributed by atoms with Crippen molar-refractivity contribution in [3.8, 4) is 5.75 Å². The standard InChI is InChI=1S/C19H26O3/c1-12-9-13(2)19(10-20)11-22-18(17(12)14(19)3)15-5-7-16(21-4)8-6-15/h5-9,13-14,17-18,20H,10-11H2,1-4H3/t13-,14-,17-,18-,19-/m1/s1. The van der Waals surface area contributed by atoms with E-state index in [2.05, 4.69) is 39.0 Å². The van der Waals surface area contributed by atoms with Gasteiger partial charge in [-0.05, 0) is 36.5 Å². The molecule has 0 spiro atoms. The average molecular weight is 302 g/mol. The highest BCUT2D eigenvalue weighted by Crippen LogP contribution is 2.55. The molecular formula is C19H26O3. The maximum Gasteiger partial charge on any atom is 0.118 e. The number of aliphatic hydroxyl groups is 1. The van der Waals surface area contributed by atoms with Crippen LogP contribution in [0.4, 0.5) is 0 Å². The first kappa shape index (κ1) is 15.6. The van der Waals surface area contributed by atoms with Crippen molar-refractivity contribution < 1.29 is 14.6 Å². The number of ether oxygens (including phenoxy) is 2. The monoisotopic (exact) mass is 302 g/mol. The smallest absolute Gasteiger partial charge is 0.118 e. The zero-order valence-corrected chi connectivity index (χ0v) is 13.9. The Balaban J connectivity index is 1.97. The van der Waals surface area contributed by atoms with Gasteiger partial charge in [-0.1, -0.05) is 37.6 Å².